The van der Waals surface area contributed by atoms with Crippen LogP contribution in [0.2, 0.25) is 0 Å². The quantitative estimate of drug-likeness (QED) is 0.742. The van der Waals surface area contributed by atoms with Crippen LogP contribution < -0.4 is 10.6 Å². The van der Waals surface area contributed by atoms with E-state index in [1.54, 1.807) is 6.07 Å². The molecule has 1 saturated heterocycles. The maximum atomic E-state index is 13.4. The zero-order valence-corrected chi connectivity index (χ0v) is 16.0. The fraction of sp³-hybridized carbons (Fsp3) is 0.533. The highest BCUT2D eigenvalue weighted by atomic mass is 35.5. The third-order valence-electron chi connectivity index (χ3n) is 4.22. The Morgan fingerprint density at radius 2 is 2.00 bits per heavy atom. The molecule has 0 unspecified atom stereocenters. The summed E-state index contributed by atoms with van der Waals surface area (Å²) >= 11 is 1.45. The summed E-state index contributed by atoms with van der Waals surface area (Å²) in [6, 6.07) is 4.38. The van der Waals surface area contributed by atoms with Crippen molar-refractivity contribution in [3.8, 4) is 0 Å². The van der Waals surface area contributed by atoms with Crippen molar-refractivity contribution >= 4 is 39.9 Å². The number of nitrogens with one attached hydrogen (secondary N) is 2. The first-order valence-electron chi connectivity index (χ1n) is 7.31. The Kier molecular flexibility index (Phi) is 7.52. The lowest BCUT2D eigenvalue weighted by Crippen LogP contribution is -2.57. The number of halogens is 2. The number of piperidine rings is 1. The lowest BCUT2D eigenvalue weighted by atomic mass is 9.95. The summed E-state index contributed by atoms with van der Waals surface area (Å²) in [5.41, 5.74) is 0.642. The number of hydrogen-bond acceptors (Lipinski definition) is 5. The van der Waals surface area contributed by atoms with Gasteiger partial charge in [0.2, 0.25) is 5.91 Å². The first kappa shape index (κ1) is 21.2. The molecule has 0 spiro atoms. The first-order valence-corrected chi connectivity index (χ1v) is 10.4. The van der Waals surface area contributed by atoms with Crippen LogP contribution in [0.1, 0.15) is 18.4 Å². The van der Waals surface area contributed by atoms with Crippen LogP contribution in [0.4, 0.5) is 4.39 Å². The minimum absolute atomic E-state index is 0. The molecule has 0 aromatic heterocycles. The summed E-state index contributed by atoms with van der Waals surface area (Å²) in [7, 11) is -3.55. The van der Waals surface area contributed by atoms with E-state index in [4.69, 9.17) is 0 Å². The molecular weight excluding hydrogens is 375 g/mol. The van der Waals surface area contributed by atoms with Crippen LogP contribution in [0.3, 0.4) is 0 Å². The maximum absolute atomic E-state index is 13.4. The van der Waals surface area contributed by atoms with Gasteiger partial charge in [-0.2, -0.15) is 0 Å². The Bertz CT molecular complexity index is 692. The second-order valence-corrected chi connectivity index (χ2v) is 8.83. The smallest absolute Gasteiger partial charge is 0.241 e. The molecule has 2 rings (SSSR count). The third-order valence-corrected chi connectivity index (χ3v) is 7.07. The van der Waals surface area contributed by atoms with Crippen molar-refractivity contribution in [3.05, 3.63) is 29.6 Å². The van der Waals surface area contributed by atoms with Crippen LogP contribution in [0.15, 0.2) is 23.1 Å². The molecule has 0 atom stereocenters. The van der Waals surface area contributed by atoms with Gasteiger partial charge in [-0.3, -0.25) is 4.79 Å². The molecule has 0 aliphatic carbocycles. The van der Waals surface area contributed by atoms with E-state index in [9.17, 15) is 17.6 Å². The lowest BCUT2D eigenvalue weighted by Gasteiger charge is -2.34. The second kappa shape index (κ2) is 8.51. The van der Waals surface area contributed by atoms with Gasteiger partial charge in [-0.15, -0.1) is 24.2 Å². The normalized spacial score (nSPS) is 17.0. The number of rotatable bonds is 5. The van der Waals surface area contributed by atoms with E-state index in [-0.39, 0.29) is 37.6 Å². The van der Waals surface area contributed by atoms with Crippen LogP contribution in [-0.2, 0) is 21.2 Å². The van der Waals surface area contributed by atoms with Crippen LogP contribution >= 0.6 is 24.2 Å². The molecule has 0 radical (unpaired) electrons. The van der Waals surface area contributed by atoms with Gasteiger partial charge in [0, 0.05) is 17.7 Å². The Labute approximate surface area is 152 Å². The summed E-state index contributed by atoms with van der Waals surface area (Å²) in [5, 5.41) is 5.76. The standard InChI is InChI=1S/C15H21FN2O3S2.ClH/c1-22-13-4-3-12(16)9-11(13)10-18-14(19)15(23(2,20)21)5-7-17-8-6-15;/h3-4,9,17H,5-8,10H2,1-2H3,(H,18,19);1H. The number of sulfone groups is 1. The van der Waals surface area contributed by atoms with Gasteiger partial charge < -0.3 is 10.6 Å². The highest BCUT2D eigenvalue weighted by molar-refractivity contribution is 7.98. The van der Waals surface area contributed by atoms with Gasteiger partial charge in [-0.25, -0.2) is 12.8 Å². The Morgan fingerprint density at radius 1 is 1.38 bits per heavy atom. The average Bonchev–Trinajstić information content (AvgIpc) is 2.52. The number of carbonyl (C=O) groups excluding carboxylic acids is 1. The van der Waals surface area contributed by atoms with E-state index >= 15 is 0 Å². The molecule has 136 valence electrons. The minimum atomic E-state index is -3.55. The number of thioether (sulfide) groups is 1. The highest BCUT2D eigenvalue weighted by Gasteiger charge is 2.48. The molecule has 1 fully saturated rings. The van der Waals surface area contributed by atoms with Crippen molar-refractivity contribution in [3.63, 3.8) is 0 Å². The number of amides is 1. The third kappa shape index (κ3) is 4.41. The largest absolute Gasteiger partial charge is 0.351 e. The molecule has 1 aromatic rings. The Morgan fingerprint density at radius 3 is 2.54 bits per heavy atom. The van der Waals surface area contributed by atoms with Crippen LogP contribution in [0, 0.1) is 5.82 Å². The molecule has 2 N–H and O–H groups in total. The summed E-state index contributed by atoms with van der Waals surface area (Å²) in [5.74, 6) is -0.885. The monoisotopic (exact) mass is 396 g/mol. The molecule has 0 saturated carbocycles. The Balaban J connectivity index is 0.00000288. The molecule has 0 bridgehead atoms. The highest BCUT2D eigenvalue weighted by Crippen LogP contribution is 2.28. The van der Waals surface area contributed by atoms with Crippen LogP contribution in [0.25, 0.3) is 0 Å². The van der Waals surface area contributed by atoms with Gasteiger partial charge in [0.15, 0.2) is 14.6 Å². The summed E-state index contributed by atoms with van der Waals surface area (Å²) < 4.78 is 36.4. The summed E-state index contributed by atoms with van der Waals surface area (Å²) in [6.45, 7) is 1.07. The minimum Gasteiger partial charge on any atom is -0.351 e. The van der Waals surface area contributed by atoms with Crippen molar-refractivity contribution < 1.29 is 17.6 Å². The molecule has 24 heavy (non-hydrogen) atoms. The molecule has 1 aromatic carbocycles. The van der Waals surface area contributed by atoms with Crippen LogP contribution in [-0.4, -0.2) is 44.7 Å². The second-order valence-electron chi connectivity index (χ2n) is 5.66. The van der Waals surface area contributed by atoms with E-state index in [2.05, 4.69) is 10.6 Å². The molecule has 1 aliphatic rings. The van der Waals surface area contributed by atoms with Gasteiger partial charge in [0.05, 0.1) is 0 Å². The van der Waals surface area contributed by atoms with Crippen molar-refractivity contribution in [2.75, 3.05) is 25.6 Å². The molecule has 9 heteroatoms. The van der Waals surface area contributed by atoms with E-state index in [1.807, 2.05) is 6.26 Å². The molecule has 1 heterocycles. The predicted molar refractivity (Wildman–Crippen MR) is 97.0 cm³/mol. The van der Waals surface area contributed by atoms with E-state index < -0.39 is 20.5 Å². The van der Waals surface area contributed by atoms with Gasteiger partial charge in [0.1, 0.15) is 5.82 Å². The zero-order valence-electron chi connectivity index (χ0n) is 13.6. The fourth-order valence-electron chi connectivity index (χ4n) is 2.82. The van der Waals surface area contributed by atoms with Crippen molar-refractivity contribution in [2.24, 2.45) is 0 Å². The first-order chi connectivity index (χ1) is 10.8. The number of benzene rings is 1. The van der Waals surface area contributed by atoms with Crippen LogP contribution in [0.5, 0.6) is 0 Å². The summed E-state index contributed by atoms with van der Waals surface area (Å²) in [6.07, 6.45) is 3.46. The molecular formula is C15H22ClFN2O3S2. The molecule has 1 amide bonds. The average molecular weight is 397 g/mol. The Hall–Kier alpha value is -0.830. The van der Waals surface area contributed by atoms with Gasteiger partial charge >= 0.3 is 0 Å². The summed E-state index contributed by atoms with van der Waals surface area (Å²) in [4.78, 5) is 13.5. The predicted octanol–water partition coefficient (Wildman–Crippen LogP) is 1.75. The van der Waals surface area contributed by atoms with Gasteiger partial charge in [-0.05, 0) is 55.9 Å². The lowest BCUT2D eigenvalue weighted by molar-refractivity contribution is -0.124. The maximum Gasteiger partial charge on any atom is 0.241 e. The van der Waals surface area contributed by atoms with Gasteiger partial charge in [-0.1, -0.05) is 0 Å². The molecule has 1 aliphatic heterocycles. The zero-order chi connectivity index (χ0) is 17.1. The fourth-order valence-corrected chi connectivity index (χ4v) is 4.77. The van der Waals surface area contributed by atoms with E-state index in [0.29, 0.717) is 18.7 Å². The number of carbonyl (C=O) groups is 1. The van der Waals surface area contributed by atoms with Crippen molar-refractivity contribution in [2.45, 2.75) is 29.0 Å². The van der Waals surface area contributed by atoms with E-state index in [1.165, 1.54) is 23.9 Å². The van der Waals surface area contributed by atoms with Crippen molar-refractivity contribution in [1.82, 2.24) is 10.6 Å². The van der Waals surface area contributed by atoms with Crippen molar-refractivity contribution in [1.29, 1.82) is 0 Å². The van der Waals surface area contributed by atoms with E-state index in [0.717, 1.165) is 11.2 Å². The SMILES string of the molecule is CSc1ccc(F)cc1CNC(=O)C1(S(C)(=O)=O)CCNCC1.Cl. The molecule has 5 nitrogen and oxygen atoms in total. The topological polar surface area (TPSA) is 75.3 Å². The van der Waals surface area contributed by atoms with Gasteiger partial charge in [0.25, 0.3) is 0 Å². The number of hydrogen-bond donors (Lipinski definition) is 2.